The number of benzene rings is 1. The number of carbonyl (C=O) groups excluding carboxylic acids is 1. The normalized spacial score (nSPS) is 20.3. The quantitative estimate of drug-likeness (QED) is 0.873. The number of methoxy groups -OCH3 is 1. The van der Waals surface area contributed by atoms with Crippen molar-refractivity contribution >= 4 is 18.3 Å². The van der Waals surface area contributed by atoms with Crippen molar-refractivity contribution in [1.82, 2.24) is 10.6 Å². The zero-order valence-corrected chi connectivity index (χ0v) is 13.9. The first-order valence-corrected chi connectivity index (χ1v) is 7.90. The summed E-state index contributed by atoms with van der Waals surface area (Å²) in [6.07, 6.45) is 3.97. The number of fused-ring (bicyclic) bond motifs is 1. The third kappa shape index (κ3) is 3.93. The van der Waals surface area contributed by atoms with Gasteiger partial charge in [0.1, 0.15) is 5.75 Å². The molecular formula is C17H25ClN2O2. The molecule has 0 aromatic heterocycles. The number of ether oxygens (including phenoxy) is 1. The van der Waals surface area contributed by atoms with Crippen LogP contribution in [0.2, 0.25) is 0 Å². The van der Waals surface area contributed by atoms with E-state index in [4.69, 9.17) is 4.74 Å². The Balaban J connectivity index is 0.00000176. The van der Waals surface area contributed by atoms with Gasteiger partial charge in [-0.15, -0.1) is 12.4 Å². The highest BCUT2D eigenvalue weighted by Gasteiger charge is 2.24. The van der Waals surface area contributed by atoms with E-state index in [0.717, 1.165) is 44.6 Å². The van der Waals surface area contributed by atoms with Crippen LogP contribution in [0.4, 0.5) is 0 Å². The van der Waals surface area contributed by atoms with E-state index >= 15 is 0 Å². The Bertz CT molecular complexity index is 517. The average Bonchev–Trinajstić information content (AvgIpc) is 2.45. The Morgan fingerprint density at radius 1 is 1.41 bits per heavy atom. The third-order valence-electron chi connectivity index (χ3n) is 4.67. The van der Waals surface area contributed by atoms with Gasteiger partial charge >= 0.3 is 0 Å². The molecule has 4 nitrogen and oxygen atoms in total. The molecule has 2 N–H and O–H groups in total. The summed E-state index contributed by atoms with van der Waals surface area (Å²) in [5.41, 5.74) is 2.68. The van der Waals surface area contributed by atoms with Gasteiger partial charge in [0, 0.05) is 32.0 Å². The minimum atomic E-state index is 0. The topological polar surface area (TPSA) is 50.4 Å². The van der Waals surface area contributed by atoms with Gasteiger partial charge in [-0.1, -0.05) is 6.07 Å². The molecular weight excluding hydrogens is 300 g/mol. The Hall–Kier alpha value is -1.26. The first-order chi connectivity index (χ1) is 10.3. The largest absolute Gasteiger partial charge is 0.497 e. The molecule has 0 saturated carbocycles. The SMILES string of the molecule is COc1ccc2c(c1)CCCC2CC(=O)NCC1CNC1.Cl. The monoisotopic (exact) mass is 324 g/mol. The molecule has 1 heterocycles. The molecule has 3 rings (SSSR count). The number of aryl methyl sites for hydroxylation is 1. The van der Waals surface area contributed by atoms with Crippen molar-refractivity contribution in [2.75, 3.05) is 26.7 Å². The summed E-state index contributed by atoms with van der Waals surface area (Å²) < 4.78 is 5.30. The van der Waals surface area contributed by atoms with Crippen LogP contribution < -0.4 is 15.4 Å². The predicted octanol–water partition coefficient (Wildman–Crippen LogP) is 2.26. The molecule has 5 heteroatoms. The van der Waals surface area contributed by atoms with Gasteiger partial charge in [0.05, 0.1) is 7.11 Å². The van der Waals surface area contributed by atoms with Crippen LogP contribution >= 0.6 is 12.4 Å². The summed E-state index contributed by atoms with van der Waals surface area (Å²) in [5, 5.41) is 6.31. The molecule has 1 amide bonds. The summed E-state index contributed by atoms with van der Waals surface area (Å²) in [6, 6.07) is 6.27. The van der Waals surface area contributed by atoms with Crippen LogP contribution in [0.3, 0.4) is 0 Å². The molecule has 22 heavy (non-hydrogen) atoms. The maximum absolute atomic E-state index is 12.1. The van der Waals surface area contributed by atoms with Crippen molar-refractivity contribution in [2.45, 2.75) is 31.6 Å². The van der Waals surface area contributed by atoms with Crippen LogP contribution in [0.25, 0.3) is 0 Å². The van der Waals surface area contributed by atoms with Gasteiger partial charge < -0.3 is 15.4 Å². The third-order valence-corrected chi connectivity index (χ3v) is 4.67. The predicted molar refractivity (Wildman–Crippen MR) is 89.9 cm³/mol. The highest BCUT2D eigenvalue weighted by atomic mass is 35.5. The maximum atomic E-state index is 12.1. The standard InChI is InChI=1S/C17H24N2O2.ClH/c1-21-15-5-6-16-13(7-15)3-2-4-14(16)8-17(20)19-11-12-9-18-10-12;/h5-7,12,14,18H,2-4,8-11H2,1H3,(H,19,20);1H. The summed E-state index contributed by atoms with van der Waals surface area (Å²) in [4.78, 5) is 12.1. The van der Waals surface area contributed by atoms with Crippen LogP contribution in [-0.2, 0) is 11.2 Å². The lowest BCUT2D eigenvalue weighted by atomic mass is 9.81. The fourth-order valence-corrected chi connectivity index (χ4v) is 3.28. The van der Waals surface area contributed by atoms with Crippen LogP contribution in [0.1, 0.15) is 36.3 Å². The first-order valence-electron chi connectivity index (χ1n) is 7.90. The molecule has 1 aliphatic carbocycles. The molecule has 0 spiro atoms. The highest BCUT2D eigenvalue weighted by Crippen LogP contribution is 2.35. The maximum Gasteiger partial charge on any atom is 0.220 e. The van der Waals surface area contributed by atoms with Crippen molar-refractivity contribution in [2.24, 2.45) is 5.92 Å². The minimum absolute atomic E-state index is 0. The summed E-state index contributed by atoms with van der Waals surface area (Å²) in [5.74, 6) is 2.09. The molecule has 1 aliphatic heterocycles. The smallest absolute Gasteiger partial charge is 0.220 e. The first kappa shape index (κ1) is 17.1. The molecule has 122 valence electrons. The number of nitrogens with one attached hydrogen (secondary N) is 2. The van der Waals surface area contributed by atoms with E-state index in [-0.39, 0.29) is 18.3 Å². The Kier molecular flexibility index (Phi) is 6.09. The molecule has 1 atom stereocenters. The number of hydrogen-bond acceptors (Lipinski definition) is 3. The van der Waals surface area contributed by atoms with Gasteiger partial charge in [-0.2, -0.15) is 0 Å². The van der Waals surface area contributed by atoms with E-state index in [1.54, 1.807) is 7.11 Å². The highest BCUT2D eigenvalue weighted by molar-refractivity contribution is 5.85. The number of rotatable bonds is 5. The lowest BCUT2D eigenvalue weighted by molar-refractivity contribution is -0.121. The van der Waals surface area contributed by atoms with Crippen molar-refractivity contribution in [1.29, 1.82) is 0 Å². The van der Waals surface area contributed by atoms with Crippen molar-refractivity contribution in [3.8, 4) is 5.75 Å². The zero-order chi connectivity index (χ0) is 14.7. The second-order valence-electron chi connectivity index (χ2n) is 6.19. The van der Waals surface area contributed by atoms with Crippen LogP contribution in [0.15, 0.2) is 18.2 Å². The van der Waals surface area contributed by atoms with Crippen molar-refractivity contribution < 1.29 is 9.53 Å². The molecule has 1 aromatic carbocycles. The van der Waals surface area contributed by atoms with Crippen molar-refractivity contribution in [3.05, 3.63) is 29.3 Å². The van der Waals surface area contributed by atoms with Crippen LogP contribution in [0.5, 0.6) is 5.75 Å². The number of hydrogen-bond donors (Lipinski definition) is 2. The molecule has 1 fully saturated rings. The average molecular weight is 325 g/mol. The Morgan fingerprint density at radius 2 is 2.23 bits per heavy atom. The number of halogens is 1. The molecule has 1 aromatic rings. The van der Waals surface area contributed by atoms with Gasteiger partial charge in [0.15, 0.2) is 0 Å². The lowest BCUT2D eigenvalue weighted by Crippen LogP contribution is -2.48. The second-order valence-corrected chi connectivity index (χ2v) is 6.19. The van der Waals surface area contributed by atoms with E-state index in [1.165, 1.54) is 11.1 Å². The molecule has 0 bridgehead atoms. The van der Waals surface area contributed by atoms with E-state index in [1.807, 2.05) is 6.07 Å². The number of carbonyl (C=O) groups is 1. The minimum Gasteiger partial charge on any atom is -0.497 e. The Labute approximate surface area is 138 Å². The lowest BCUT2D eigenvalue weighted by Gasteiger charge is -2.28. The van der Waals surface area contributed by atoms with Gasteiger partial charge in [0.25, 0.3) is 0 Å². The van der Waals surface area contributed by atoms with Gasteiger partial charge in [-0.25, -0.2) is 0 Å². The van der Waals surface area contributed by atoms with E-state index in [0.29, 0.717) is 18.3 Å². The van der Waals surface area contributed by atoms with E-state index < -0.39 is 0 Å². The fourth-order valence-electron chi connectivity index (χ4n) is 3.28. The second kappa shape index (κ2) is 7.84. The van der Waals surface area contributed by atoms with Crippen LogP contribution in [0, 0.1) is 5.92 Å². The molecule has 1 saturated heterocycles. The summed E-state index contributed by atoms with van der Waals surface area (Å²) >= 11 is 0. The van der Waals surface area contributed by atoms with Gasteiger partial charge in [0.2, 0.25) is 5.91 Å². The zero-order valence-electron chi connectivity index (χ0n) is 13.1. The number of amides is 1. The van der Waals surface area contributed by atoms with Gasteiger partial charge in [-0.05, 0) is 48.4 Å². The van der Waals surface area contributed by atoms with Crippen LogP contribution in [-0.4, -0.2) is 32.7 Å². The fraction of sp³-hybridized carbons (Fsp3) is 0.588. The van der Waals surface area contributed by atoms with Gasteiger partial charge in [-0.3, -0.25) is 4.79 Å². The van der Waals surface area contributed by atoms with E-state index in [9.17, 15) is 4.79 Å². The summed E-state index contributed by atoms with van der Waals surface area (Å²) in [7, 11) is 1.70. The van der Waals surface area contributed by atoms with Crippen molar-refractivity contribution in [3.63, 3.8) is 0 Å². The Morgan fingerprint density at radius 3 is 2.91 bits per heavy atom. The molecule has 2 aliphatic rings. The van der Waals surface area contributed by atoms with E-state index in [2.05, 4.69) is 22.8 Å². The molecule has 1 unspecified atom stereocenters. The molecule has 0 radical (unpaired) electrons. The summed E-state index contributed by atoms with van der Waals surface area (Å²) in [6.45, 7) is 2.88.